The quantitative estimate of drug-likeness (QED) is 0.753. The summed E-state index contributed by atoms with van der Waals surface area (Å²) in [5.41, 5.74) is 6.83. The van der Waals surface area contributed by atoms with E-state index < -0.39 is 6.04 Å². The number of hydrogen-bond acceptors (Lipinski definition) is 4. The summed E-state index contributed by atoms with van der Waals surface area (Å²) >= 11 is 0. The summed E-state index contributed by atoms with van der Waals surface area (Å²) < 4.78 is 4.57. The van der Waals surface area contributed by atoms with E-state index in [1.807, 2.05) is 0 Å². The molecule has 1 rings (SSSR count). The van der Waals surface area contributed by atoms with Gasteiger partial charge in [0.15, 0.2) is 0 Å². The summed E-state index contributed by atoms with van der Waals surface area (Å²) in [5.74, 6) is -0.583. The van der Waals surface area contributed by atoms with Crippen LogP contribution in [-0.4, -0.2) is 25.0 Å². The van der Waals surface area contributed by atoms with Gasteiger partial charge in [-0.25, -0.2) is 0 Å². The van der Waals surface area contributed by atoms with Gasteiger partial charge in [-0.15, -0.1) is 0 Å². The Balaban J connectivity index is 2.72. The number of carbonyl (C=O) groups excluding carboxylic acids is 2. The van der Waals surface area contributed by atoms with E-state index in [0.29, 0.717) is 5.69 Å². The Kier molecular flexibility index (Phi) is 4.66. The highest BCUT2D eigenvalue weighted by Gasteiger charge is 2.08. The van der Waals surface area contributed by atoms with Crippen molar-refractivity contribution in [2.75, 3.05) is 12.4 Å². The van der Waals surface area contributed by atoms with Crippen LogP contribution in [0.15, 0.2) is 24.3 Å². The molecule has 1 atom stereocenters. The Morgan fingerprint density at radius 2 is 2.18 bits per heavy atom. The van der Waals surface area contributed by atoms with E-state index >= 15 is 0 Å². The van der Waals surface area contributed by atoms with Gasteiger partial charge in [0, 0.05) is 5.69 Å². The van der Waals surface area contributed by atoms with Gasteiger partial charge in [0.25, 0.3) is 0 Å². The Bertz CT molecular complexity index is 416. The first-order valence-corrected chi connectivity index (χ1v) is 5.25. The SMILES string of the molecule is COC(=O)Cc1cccc(NC(=O)[C@@H](C)N)c1. The van der Waals surface area contributed by atoms with Crippen molar-refractivity contribution in [2.45, 2.75) is 19.4 Å². The minimum Gasteiger partial charge on any atom is -0.469 e. The lowest BCUT2D eigenvalue weighted by molar-refractivity contribution is -0.139. The summed E-state index contributed by atoms with van der Waals surface area (Å²) in [7, 11) is 1.34. The van der Waals surface area contributed by atoms with E-state index in [0.717, 1.165) is 5.56 Å². The average molecular weight is 236 g/mol. The molecule has 0 fully saturated rings. The fraction of sp³-hybridized carbons (Fsp3) is 0.333. The second-order valence-corrected chi connectivity index (χ2v) is 3.73. The lowest BCUT2D eigenvalue weighted by atomic mass is 10.1. The molecular formula is C12H16N2O3. The molecule has 0 aliphatic heterocycles. The molecule has 3 N–H and O–H groups in total. The maximum absolute atomic E-state index is 11.4. The van der Waals surface area contributed by atoms with Crippen molar-refractivity contribution in [3.63, 3.8) is 0 Å². The number of methoxy groups -OCH3 is 1. The zero-order valence-corrected chi connectivity index (χ0v) is 9.90. The van der Waals surface area contributed by atoms with Crippen molar-refractivity contribution >= 4 is 17.6 Å². The van der Waals surface area contributed by atoms with Crippen molar-refractivity contribution < 1.29 is 14.3 Å². The molecule has 92 valence electrons. The van der Waals surface area contributed by atoms with E-state index in [2.05, 4.69) is 10.1 Å². The number of benzene rings is 1. The first-order chi connectivity index (χ1) is 8.02. The Hall–Kier alpha value is -1.88. The molecule has 0 heterocycles. The maximum atomic E-state index is 11.4. The number of nitrogens with two attached hydrogens (primary N) is 1. The summed E-state index contributed by atoms with van der Waals surface area (Å²) in [4.78, 5) is 22.5. The van der Waals surface area contributed by atoms with Gasteiger partial charge in [0.2, 0.25) is 5.91 Å². The Morgan fingerprint density at radius 3 is 2.76 bits per heavy atom. The Labute approximate surface area is 99.9 Å². The Morgan fingerprint density at radius 1 is 1.47 bits per heavy atom. The third-order valence-corrected chi connectivity index (χ3v) is 2.18. The van der Waals surface area contributed by atoms with Gasteiger partial charge >= 0.3 is 5.97 Å². The minimum absolute atomic E-state index is 0.179. The second-order valence-electron chi connectivity index (χ2n) is 3.73. The zero-order chi connectivity index (χ0) is 12.8. The smallest absolute Gasteiger partial charge is 0.309 e. The number of nitrogens with one attached hydrogen (secondary N) is 1. The van der Waals surface area contributed by atoms with Gasteiger partial charge in [-0.3, -0.25) is 9.59 Å². The summed E-state index contributed by atoms with van der Waals surface area (Å²) in [6.45, 7) is 1.60. The van der Waals surface area contributed by atoms with Crippen LogP contribution in [0.2, 0.25) is 0 Å². The van der Waals surface area contributed by atoms with E-state index in [9.17, 15) is 9.59 Å². The fourth-order valence-electron chi connectivity index (χ4n) is 1.25. The molecule has 1 aromatic carbocycles. The lowest BCUT2D eigenvalue weighted by Crippen LogP contribution is -2.32. The molecule has 5 nitrogen and oxygen atoms in total. The van der Waals surface area contributed by atoms with Crippen LogP contribution in [0.25, 0.3) is 0 Å². The first-order valence-electron chi connectivity index (χ1n) is 5.25. The summed E-state index contributed by atoms with van der Waals surface area (Å²) in [6.07, 6.45) is 0.179. The molecule has 5 heteroatoms. The van der Waals surface area contributed by atoms with Crippen LogP contribution in [0.4, 0.5) is 5.69 Å². The molecule has 0 bridgehead atoms. The maximum Gasteiger partial charge on any atom is 0.309 e. The molecule has 1 amide bonds. The topological polar surface area (TPSA) is 81.4 Å². The highest BCUT2D eigenvalue weighted by molar-refractivity contribution is 5.94. The van der Waals surface area contributed by atoms with Crippen molar-refractivity contribution in [1.29, 1.82) is 0 Å². The van der Waals surface area contributed by atoms with E-state index in [-0.39, 0.29) is 18.3 Å². The molecule has 0 radical (unpaired) electrons. The van der Waals surface area contributed by atoms with E-state index in [4.69, 9.17) is 5.73 Å². The van der Waals surface area contributed by atoms with Crippen LogP contribution in [0.5, 0.6) is 0 Å². The predicted octanol–water partition coefficient (Wildman–Crippen LogP) is 0.688. The van der Waals surface area contributed by atoms with Crippen molar-refractivity contribution in [3.8, 4) is 0 Å². The molecule has 0 saturated carbocycles. The number of hydrogen-bond donors (Lipinski definition) is 2. The largest absolute Gasteiger partial charge is 0.469 e. The van der Waals surface area contributed by atoms with Crippen molar-refractivity contribution in [2.24, 2.45) is 5.73 Å². The van der Waals surface area contributed by atoms with Crippen LogP contribution in [0.1, 0.15) is 12.5 Å². The number of ether oxygens (including phenoxy) is 1. The molecule has 1 aromatic rings. The van der Waals surface area contributed by atoms with E-state index in [1.54, 1.807) is 31.2 Å². The highest BCUT2D eigenvalue weighted by atomic mass is 16.5. The monoisotopic (exact) mass is 236 g/mol. The standard InChI is InChI=1S/C12H16N2O3/c1-8(13)12(16)14-10-5-3-4-9(6-10)7-11(15)17-2/h3-6,8H,7,13H2,1-2H3,(H,14,16)/t8-/m1/s1. The van der Waals surface area contributed by atoms with Crippen LogP contribution in [0.3, 0.4) is 0 Å². The van der Waals surface area contributed by atoms with Gasteiger partial charge < -0.3 is 15.8 Å². The normalized spacial score (nSPS) is 11.7. The molecule has 0 aliphatic rings. The van der Waals surface area contributed by atoms with Gasteiger partial charge in [0.05, 0.1) is 19.6 Å². The molecule has 0 aliphatic carbocycles. The molecule has 0 saturated heterocycles. The minimum atomic E-state index is -0.570. The number of rotatable bonds is 4. The number of anilines is 1. The van der Waals surface area contributed by atoms with Crippen LogP contribution >= 0.6 is 0 Å². The molecule has 0 spiro atoms. The van der Waals surface area contributed by atoms with Crippen LogP contribution in [0, 0.1) is 0 Å². The van der Waals surface area contributed by atoms with Gasteiger partial charge in [-0.1, -0.05) is 12.1 Å². The second kappa shape index (κ2) is 6.00. The third-order valence-electron chi connectivity index (χ3n) is 2.18. The van der Waals surface area contributed by atoms with Gasteiger partial charge in [0.1, 0.15) is 0 Å². The highest BCUT2D eigenvalue weighted by Crippen LogP contribution is 2.11. The molecule has 17 heavy (non-hydrogen) atoms. The first kappa shape index (κ1) is 13.2. The summed E-state index contributed by atoms with van der Waals surface area (Å²) in [5, 5.41) is 2.66. The van der Waals surface area contributed by atoms with E-state index in [1.165, 1.54) is 7.11 Å². The number of esters is 1. The van der Waals surface area contributed by atoms with Crippen LogP contribution < -0.4 is 11.1 Å². The van der Waals surface area contributed by atoms with Crippen molar-refractivity contribution in [3.05, 3.63) is 29.8 Å². The average Bonchev–Trinajstić information content (AvgIpc) is 2.29. The zero-order valence-electron chi connectivity index (χ0n) is 9.90. The lowest BCUT2D eigenvalue weighted by Gasteiger charge is -2.08. The summed E-state index contributed by atoms with van der Waals surface area (Å²) in [6, 6.07) is 6.44. The van der Waals surface area contributed by atoms with Crippen LogP contribution in [-0.2, 0) is 20.7 Å². The third kappa shape index (κ3) is 4.24. The predicted molar refractivity (Wildman–Crippen MR) is 64.4 cm³/mol. The number of carbonyl (C=O) groups is 2. The molecule has 0 aromatic heterocycles. The van der Waals surface area contributed by atoms with Gasteiger partial charge in [-0.05, 0) is 24.6 Å². The van der Waals surface area contributed by atoms with Crippen molar-refractivity contribution in [1.82, 2.24) is 0 Å². The molecular weight excluding hydrogens is 220 g/mol. The fourth-order valence-corrected chi connectivity index (χ4v) is 1.25. The van der Waals surface area contributed by atoms with Gasteiger partial charge in [-0.2, -0.15) is 0 Å². The molecule has 0 unspecified atom stereocenters. The number of amides is 1.